The summed E-state index contributed by atoms with van der Waals surface area (Å²) in [4.78, 5) is 4.34. The van der Waals surface area contributed by atoms with E-state index in [1.54, 1.807) is 0 Å². The van der Waals surface area contributed by atoms with Gasteiger partial charge in [-0.15, -0.1) is 0 Å². The molecule has 0 bridgehead atoms. The molecule has 1 saturated carbocycles. The second-order valence-electron chi connectivity index (χ2n) is 5.46. The van der Waals surface area contributed by atoms with Crippen LogP contribution in [0.2, 0.25) is 0 Å². The zero-order valence-corrected chi connectivity index (χ0v) is 10.4. The van der Waals surface area contributed by atoms with Crippen molar-refractivity contribution >= 4 is 0 Å². The monoisotopic (exact) mass is 218 g/mol. The number of pyridine rings is 1. The van der Waals surface area contributed by atoms with Crippen molar-refractivity contribution in [3.8, 4) is 0 Å². The van der Waals surface area contributed by atoms with Crippen molar-refractivity contribution in [1.29, 1.82) is 0 Å². The van der Waals surface area contributed by atoms with Gasteiger partial charge in [0.15, 0.2) is 0 Å². The van der Waals surface area contributed by atoms with Crippen molar-refractivity contribution in [2.75, 3.05) is 6.54 Å². The third kappa shape index (κ3) is 2.82. The second-order valence-corrected chi connectivity index (χ2v) is 5.46. The fourth-order valence-corrected chi connectivity index (χ4v) is 2.63. The third-order valence-corrected chi connectivity index (χ3v) is 3.76. The van der Waals surface area contributed by atoms with Crippen molar-refractivity contribution in [3.05, 3.63) is 30.1 Å². The predicted octanol–water partition coefficient (Wildman–Crippen LogP) is 2.79. The van der Waals surface area contributed by atoms with Crippen molar-refractivity contribution in [2.24, 2.45) is 5.41 Å². The molecule has 1 fully saturated rings. The Morgan fingerprint density at radius 2 is 2.31 bits per heavy atom. The molecule has 1 heterocycles. The summed E-state index contributed by atoms with van der Waals surface area (Å²) in [5.74, 6) is 0. The number of nitrogens with zero attached hydrogens (tertiary/aromatic N) is 1. The Balaban J connectivity index is 1.76. The van der Waals surface area contributed by atoms with Crippen LogP contribution in [0.5, 0.6) is 0 Å². The molecule has 0 saturated heterocycles. The Bertz CT molecular complexity index is 319. The second kappa shape index (κ2) is 4.96. The van der Waals surface area contributed by atoms with Crippen LogP contribution in [0.25, 0.3) is 0 Å². The first-order valence-electron chi connectivity index (χ1n) is 6.32. The molecule has 1 aliphatic rings. The Morgan fingerprint density at radius 1 is 1.44 bits per heavy atom. The van der Waals surface area contributed by atoms with Gasteiger partial charge in [0, 0.05) is 30.9 Å². The Hall–Kier alpha value is -0.890. The minimum Gasteiger partial charge on any atom is -0.313 e. The largest absolute Gasteiger partial charge is 0.313 e. The topological polar surface area (TPSA) is 24.9 Å². The van der Waals surface area contributed by atoms with E-state index in [-0.39, 0.29) is 0 Å². The standard InChI is InChI=1S/C14H22N2/c1-14(2)9-5-7-13(14)16-11-8-12-6-3-4-10-15-12/h3-4,6,10,13,16H,5,7-9,11H2,1-2H3. The van der Waals surface area contributed by atoms with Gasteiger partial charge in [-0.3, -0.25) is 4.98 Å². The molecule has 0 aliphatic heterocycles. The van der Waals surface area contributed by atoms with Crippen LogP contribution in [-0.4, -0.2) is 17.6 Å². The van der Waals surface area contributed by atoms with E-state index in [1.807, 2.05) is 12.3 Å². The molecule has 1 atom stereocenters. The van der Waals surface area contributed by atoms with Crippen molar-refractivity contribution in [1.82, 2.24) is 10.3 Å². The lowest BCUT2D eigenvalue weighted by molar-refractivity contribution is 0.285. The average molecular weight is 218 g/mol. The van der Waals surface area contributed by atoms with Gasteiger partial charge in [-0.2, -0.15) is 0 Å². The quantitative estimate of drug-likeness (QED) is 0.840. The molecule has 1 unspecified atom stereocenters. The number of nitrogens with one attached hydrogen (secondary N) is 1. The highest BCUT2D eigenvalue weighted by molar-refractivity contribution is 5.04. The molecule has 1 aliphatic carbocycles. The fraction of sp³-hybridized carbons (Fsp3) is 0.643. The summed E-state index contributed by atoms with van der Waals surface area (Å²) < 4.78 is 0. The normalized spacial score (nSPS) is 23.5. The minimum absolute atomic E-state index is 0.476. The zero-order valence-electron chi connectivity index (χ0n) is 10.4. The smallest absolute Gasteiger partial charge is 0.0416 e. The third-order valence-electron chi connectivity index (χ3n) is 3.76. The van der Waals surface area contributed by atoms with Crippen LogP contribution in [0.4, 0.5) is 0 Å². The molecule has 1 aromatic heterocycles. The molecule has 88 valence electrons. The van der Waals surface area contributed by atoms with Crippen molar-refractivity contribution in [2.45, 2.75) is 45.6 Å². The highest BCUT2D eigenvalue weighted by atomic mass is 14.9. The molecule has 0 amide bonds. The highest BCUT2D eigenvalue weighted by Gasteiger charge is 2.33. The van der Waals surface area contributed by atoms with Crippen molar-refractivity contribution in [3.63, 3.8) is 0 Å². The van der Waals surface area contributed by atoms with Gasteiger partial charge < -0.3 is 5.32 Å². The van der Waals surface area contributed by atoms with Crippen LogP contribution < -0.4 is 5.32 Å². The summed E-state index contributed by atoms with van der Waals surface area (Å²) in [6, 6.07) is 6.82. The van der Waals surface area contributed by atoms with E-state index in [4.69, 9.17) is 0 Å². The molecule has 1 aromatic rings. The first-order valence-corrected chi connectivity index (χ1v) is 6.32. The molecule has 16 heavy (non-hydrogen) atoms. The summed E-state index contributed by atoms with van der Waals surface area (Å²) in [5.41, 5.74) is 1.66. The van der Waals surface area contributed by atoms with E-state index in [0.29, 0.717) is 11.5 Å². The molecule has 2 heteroatoms. The summed E-state index contributed by atoms with van der Waals surface area (Å²) in [7, 11) is 0. The lowest BCUT2D eigenvalue weighted by Gasteiger charge is -2.27. The maximum absolute atomic E-state index is 4.34. The first kappa shape index (κ1) is 11.6. The van der Waals surface area contributed by atoms with E-state index in [2.05, 4.69) is 36.3 Å². The number of aromatic nitrogens is 1. The predicted molar refractivity (Wildman–Crippen MR) is 67.4 cm³/mol. The summed E-state index contributed by atoms with van der Waals surface area (Å²) in [6.45, 7) is 5.79. The van der Waals surface area contributed by atoms with E-state index in [1.165, 1.54) is 25.0 Å². The summed E-state index contributed by atoms with van der Waals surface area (Å²) in [5, 5.41) is 3.68. The number of hydrogen-bond donors (Lipinski definition) is 1. The van der Waals surface area contributed by atoms with Gasteiger partial charge in [0.2, 0.25) is 0 Å². The fourth-order valence-electron chi connectivity index (χ4n) is 2.63. The first-order chi connectivity index (χ1) is 7.68. The van der Waals surface area contributed by atoms with Crippen LogP contribution in [0.1, 0.15) is 38.8 Å². The van der Waals surface area contributed by atoms with Gasteiger partial charge in [0.1, 0.15) is 0 Å². The SMILES string of the molecule is CC1(C)CCCC1NCCc1ccccn1. The maximum atomic E-state index is 4.34. The number of hydrogen-bond acceptors (Lipinski definition) is 2. The molecule has 2 rings (SSSR count). The van der Waals surface area contributed by atoms with Gasteiger partial charge in [0.05, 0.1) is 0 Å². The van der Waals surface area contributed by atoms with Crippen LogP contribution in [-0.2, 0) is 6.42 Å². The van der Waals surface area contributed by atoms with E-state index in [0.717, 1.165) is 13.0 Å². The van der Waals surface area contributed by atoms with Gasteiger partial charge in [0.25, 0.3) is 0 Å². The highest BCUT2D eigenvalue weighted by Crippen LogP contribution is 2.36. The van der Waals surface area contributed by atoms with Crippen LogP contribution in [0.15, 0.2) is 24.4 Å². The lowest BCUT2D eigenvalue weighted by Crippen LogP contribution is -2.38. The lowest BCUT2D eigenvalue weighted by atomic mass is 9.87. The maximum Gasteiger partial charge on any atom is 0.0416 e. The average Bonchev–Trinajstić information content (AvgIpc) is 2.60. The molecule has 1 N–H and O–H groups in total. The summed E-state index contributed by atoms with van der Waals surface area (Å²) >= 11 is 0. The Kier molecular flexibility index (Phi) is 3.59. The number of rotatable bonds is 4. The zero-order chi connectivity index (χ0) is 11.4. The molecule has 0 radical (unpaired) electrons. The van der Waals surface area contributed by atoms with Crippen LogP contribution >= 0.6 is 0 Å². The van der Waals surface area contributed by atoms with Crippen LogP contribution in [0, 0.1) is 5.41 Å². The Labute approximate surface area is 98.5 Å². The molecular weight excluding hydrogens is 196 g/mol. The van der Waals surface area contributed by atoms with Gasteiger partial charge in [-0.25, -0.2) is 0 Å². The minimum atomic E-state index is 0.476. The Morgan fingerprint density at radius 3 is 2.94 bits per heavy atom. The van der Waals surface area contributed by atoms with Crippen LogP contribution in [0.3, 0.4) is 0 Å². The van der Waals surface area contributed by atoms with Gasteiger partial charge >= 0.3 is 0 Å². The van der Waals surface area contributed by atoms with Gasteiger partial charge in [-0.1, -0.05) is 26.3 Å². The van der Waals surface area contributed by atoms with Gasteiger partial charge in [-0.05, 0) is 30.4 Å². The van der Waals surface area contributed by atoms with E-state index >= 15 is 0 Å². The molecule has 0 spiro atoms. The molecule has 2 nitrogen and oxygen atoms in total. The molecule has 0 aromatic carbocycles. The van der Waals surface area contributed by atoms with E-state index < -0.39 is 0 Å². The van der Waals surface area contributed by atoms with Crippen molar-refractivity contribution < 1.29 is 0 Å². The molecular formula is C14H22N2. The van der Waals surface area contributed by atoms with E-state index in [9.17, 15) is 0 Å². The summed E-state index contributed by atoms with van der Waals surface area (Å²) in [6.07, 6.45) is 6.96.